The zero-order valence-electron chi connectivity index (χ0n) is 10.6. The number of hydrogen-bond acceptors (Lipinski definition) is 1. The molecule has 0 atom stereocenters. The van der Waals surface area contributed by atoms with Crippen LogP contribution in [0.1, 0.15) is 5.56 Å². The molecule has 0 fully saturated rings. The van der Waals surface area contributed by atoms with Crippen molar-refractivity contribution in [2.45, 2.75) is 13.7 Å². The van der Waals surface area contributed by atoms with Crippen LogP contribution < -0.4 is 15.7 Å². The molecule has 2 rings (SSSR count). The second-order valence-electron chi connectivity index (χ2n) is 4.41. The molecule has 0 aliphatic carbocycles. The van der Waals surface area contributed by atoms with Crippen LogP contribution in [0.15, 0.2) is 48.5 Å². The van der Waals surface area contributed by atoms with Crippen molar-refractivity contribution in [1.82, 2.24) is 0 Å². The highest BCUT2D eigenvalue weighted by atomic mass is 16.5. The zero-order chi connectivity index (χ0) is 12.3. The van der Waals surface area contributed by atoms with Gasteiger partial charge < -0.3 is 4.74 Å². The summed E-state index contributed by atoms with van der Waals surface area (Å²) in [7, 11) is 1.69. The van der Waals surface area contributed by atoms with Gasteiger partial charge in [0.05, 0.1) is 7.11 Å². The van der Waals surface area contributed by atoms with Gasteiger partial charge in [0.15, 0.2) is 0 Å². The molecular weight excluding hydrogens is 207 g/mol. The van der Waals surface area contributed by atoms with Crippen LogP contribution in [0.3, 0.4) is 0 Å². The summed E-state index contributed by atoms with van der Waals surface area (Å²) >= 11 is 0. The van der Waals surface area contributed by atoms with Crippen molar-refractivity contribution in [3.63, 3.8) is 0 Å². The van der Waals surface area contributed by atoms with Crippen LogP contribution in [0.2, 0.25) is 6.82 Å². The number of rotatable bonds is 3. The smallest absolute Gasteiger partial charge is 0.206 e. The van der Waals surface area contributed by atoms with Crippen LogP contribution in [-0.2, 0) is 0 Å². The Balaban J connectivity index is 2.23. The standard InChI is InChI=1S/C15H17BO/c1-12-4-6-13(7-5-12)16(2)14-8-10-15(17-3)11-9-14/h4-11H,1-3H3. The van der Waals surface area contributed by atoms with Crippen LogP contribution in [0.4, 0.5) is 0 Å². The predicted molar refractivity (Wildman–Crippen MR) is 75.1 cm³/mol. The van der Waals surface area contributed by atoms with E-state index in [4.69, 9.17) is 4.74 Å². The van der Waals surface area contributed by atoms with Crippen molar-refractivity contribution >= 4 is 17.6 Å². The fraction of sp³-hybridized carbons (Fsp3) is 0.200. The highest BCUT2D eigenvalue weighted by molar-refractivity contribution is 6.84. The largest absolute Gasteiger partial charge is 0.497 e. The van der Waals surface area contributed by atoms with Crippen molar-refractivity contribution in [2.24, 2.45) is 0 Å². The van der Waals surface area contributed by atoms with Gasteiger partial charge in [0.25, 0.3) is 0 Å². The highest BCUT2D eigenvalue weighted by Crippen LogP contribution is 2.06. The predicted octanol–water partition coefficient (Wildman–Crippen LogP) is 2.24. The number of aryl methyl sites for hydroxylation is 1. The number of ether oxygens (including phenoxy) is 1. The molecule has 0 bridgehead atoms. The topological polar surface area (TPSA) is 9.23 Å². The zero-order valence-corrected chi connectivity index (χ0v) is 10.6. The minimum atomic E-state index is 0.418. The molecule has 0 amide bonds. The molecule has 0 N–H and O–H groups in total. The first-order valence-corrected chi connectivity index (χ1v) is 5.91. The Morgan fingerprint density at radius 2 is 1.29 bits per heavy atom. The normalized spacial score (nSPS) is 10.1. The summed E-state index contributed by atoms with van der Waals surface area (Å²) in [6, 6.07) is 17.0. The van der Waals surface area contributed by atoms with Gasteiger partial charge in [-0.25, -0.2) is 0 Å². The molecule has 0 saturated carbocycles. The van der Waals surface area contributed by atoms with Gasteiger partial charge in [-0.3, -0.25) is 0 Å². The van der Waals surface area contributed by atoms with Crippen molar-refractivity contribution < 1.29 is 4.74 Å². The molecule has 0 aliphatic rings. The van der Waals surface area contributed by atoms with Crippen molar-refractivity contribution in [3.8, 4) is 5.75 Å². The van der Waals surface area contributed by atoms with Crippen molar-refractivity contribution in [1.29, 1.82) is 0 Å². The molecule has 17 heavy (non-hydrogen) atoms. The van der Waals surface area contributed by atoms with Gasteiger partial charge in [0, 0.05) is 0 Å². The number of hydrogen-bond donors (Lipinski definition) is 0. The van der Waals surface area contributed by atoms with Crippen LogP contribution in [0.25, 0.3) is 0 Å². The van der Waals surface area contributed by atoms with E-state index in [9.17, 15) is 0 Å². The third-order valence-corrected chi connectivity index (χ3v) is 3.19. The molecule has 0 radical (unpaired) electrons. The van der Waals surface area contributed by atoms with Gasteiger partial charge in [0.2, 0.25) is 6.71 Å². The molecule has 86 valence electrons. The average Bonchev–Trinajstić information content (AvgIpc) is 2.39. The van der Waals surface area contributed by atoms with Gasteiger partial charge in [-0.2, -0.15) is 0 Å². The van der Waals surface area contributed by atoms with Gasteiger partial charge in [0.1, 0.15) is 5.75 Å². The second kappa shape index (κ2) is 5.09. The average molecular weight is 224 g/mol. The second-order valence-corrected chi connectivity index (χ2v) is 4.41. The molecule has 0 aromatic heterocycles. The lowest BCUT2D eigenvalue weighted by molar-refractivity contribution is 0.415. The Morgan fingerprint density at radius 3 is 1.76 bits per heavy atom. The molecule has 0 saturated heterocycles. The number of methoxy groups -OCH3 is 1. The van der Waals surface area contributed by atoms with E-state index in [0.717, 1.165) is 5.75 Å². The minimum absolute atomic E-state index is 0.418. The summed E-state index contributed by atoms with van der Waals surface area (Å²) in [5.74, 6) is 0.907. The molecular formula is C15H17BO. The van der Waals surface area contributed by atoms with E-state index in [1.165, 1.54) is 16.5 Å². The first-order valence-electron chi connectivity index (χ1n) is 5.91. The summed E-state index contributed by atoms with van der Waals surface area (Å²) in [5.41, 5.74) is 3.96. The van der Waals surface area contributed by atoms with Crippen molar-refractivity contribution in [3.05, 3.63) is 54.1 Å². The molecule has 0 heterocycles. The lowest BCUT2D eigenvalue weighted by Crippen LogP contribution is -2.38. The van der Waals surface area contributed by atoms with Crippen LogP contribution in [-0.4, -0.2) is 13.8 Å². The molecule has 2 heteroatoms. The molecule has 1 nitrogen and oxygen atoms in total. The van der Waals surface area contributed by atoms with E-state index in [1.54, 1.807) is 7.11 Å². The maximum absolute atomic E-state index is 5.17. The Labute approximate surface area is 104 Å². The molecule has 2 aromatic carbocycles. The highest BCUT2D eigenvalue weighted by Gasteiger charge is 2.12. The Bertz CT molecular complexity index is 473. The summed E-state index contributed by atoms with van der Waals surface area (Å²) in [5, 5.41) is 0. The third kappa shape index (κ3) is 2.70. The molecule has 2 aromatic rings. The SMILES string of the molecule is COc1ccc(B(C)c2ccc(C)cc2)cc1. The van der Waals surface area contributed by atoms with E-state index in [1.807, 2.05) is 12.1 Å². The van der Waals surface area contributed by atoms with Gasteiger partial charge in [-0.1, -0.05) is 59.7 Å². The summed E-state index contributed by atoms with van der Waals surface area (Å²) in [6.45, 7) is 4.76. The summed E-state index contributed by atoms with van der Waals surface area (Å²) in [6.07, 6.45) is 0. The molecule has 0 spiro atoms. The van der Waals surface area contributed by atoms with Gasteiger partial charge in [-0.15, -0.1) is 0 Å². The van der Waals surface area contributed by atoms with Crippen LogP contribution in [0.5, 0.6) is 5.75 Å². The monoisotopic (exact) mass is 224 g/mol. The van der Waals surface area contributed by atoms with Crippen molar-refractivity contribution in [2.75, 3.05) is 7.11 Å². The maximum atomic E-state index is 5.17. The van der Waals surface area contributed by atoms with E-state index in [2.05, 4.69) is 50.1 Å². The van der Waals surface area contributed by atoms with Gasteiger partial charge >= 0.3 is 0 Å². The first kappa shape index (κ1) is 11.8. The molecule has 0 aliphatic heterocycles. The lowest BCUT2D eigenvalue weighted by Gasteiger charge is -2.10. The van der Waals surface area contributed by atoms with Crippen LogP contribution in [0, 0.1) is 6.92 Å². The Kier molecular flexibility index (Phi) is 3.53. The summed E-state index contributed by atoms with van der Waals surface area (Å²) < 4.78 is 5.17. The quantitative estimate of drug-likeness (QED) is 0.726. The Morgan fingerprint density at radius 1 is 0.824 bits per heavy atom. The Hall–Kier alpha value is -1.70. The van der Waals surface area contributed by atoms with Gasteiger partial charge in [-0.05, 0) is 19.1 Å². The van der Waals surface area contributed by atoms with E-state index in [-0.39, 0.29) is 0 Å². The minimum Gasteiger partial charge on any atom is -0.497 e. The first-order chi connectivity index (χ1) is 8.20. The summed E-state index contributed by atoms with van der Waals surface area (Å²) in [4.78, 5) is 0. The lowest BCUT2D eigenvalue weighted by atomic mass is 9.42. The van der Waals surface area contributed by atoms with E-state index < -0.39 is 0 Å². The molecule has 0 unspecified atom stereocenters. The van der Waals surface area contributed by atoms with E-state index in [0.29, 0.717) is 6.71 Å². The number of benzene rings is 2. The van der Waals surface area contributed by atoms with Crippen LogP contribution >= 0.6 is 0 Å². The van der Waals surface area contributed by atoms with E-state index >= 15 is 0 Å². The maximum Gasteiger partial charge on any atom is 0.206 e. The fourth-order valence-corrected chi connectivity index (χ4v) is 1.94. The third-order valence-electron chi connectivity index (χ3n) is 3.19. The fourth-order valence-electron chi connectivity index (χ4n) is 1.94.